The van der Waals surface area contributed by atoms with E-state index >= 15 is 0 Å². The Balaban J connectivity index is 1.09. The first-order chi connectivity index (χ1) is 27.4. The number of likely N-dealkylation sites (tertiary alicyclic amines) is 1. The van der Waals surface area contributed by atoms with E-state index in [1.807, 2.05) is 35.2 Å². The van der Waals surface area contributed by atoms with Crippen LogP contribution in [0.15, 0.2) is 48.7 Å². The summed E-state index contributed by atoms with van der Waals surface area (Å²) in [7, 11) is 2.92. The van der Waals surface area contributed by atoms with Gasteiger partial charge in [0, 0.05) is 86.6 Å². The Labute approximate surface area is 333 Å². The maximum absolute atomic E-state index is 14.5. The van der Waals surface area contributed by atoms with Gasteiger partial charge < -0.3 is 35.1 Å². The number of fused-ring (bicyclic) bond motifs is 1. The minimum atomic E-state index is -4.75. The van der Waals surface area contributed by atoms with Gasteiger partial charge in [0.1, 0.15) is 11.7 Å². The summed E-state index contributed by atoms with van der Waals surface area (Å²) in [5.41, 5.74) is 4.19. The van der Waals surface area contributed by atoms with Crippen LogP contribution >= 0.6 is 11.6 Å². The van der Waals surface area contributed by atoms with E-state index in [0.29, 0.717) is 66.6 Å². The Hall–Kier alpha value is -4.99. The molecule has 0 spiro atoms. The molecule has 1 aliphatic carbocycles. The van der Waals surface area contributed by atoms with Crippen molar-refractivity contribution >= 4 is 23.4 Å². The number of alkyl halides is 3. The Kier molecular flexibility index (Phi) is 12.2. The first kappa shape index (κ1) is 40.2. The van der Waals surface area contributed by atoms with Crippen LogP contribution in [0.25, 0.3) is 22.5 Å². The van der Waals surface area contributed by atoms with E-state index in [-0.39, 0.29) is 41.9 Å². The summed E-state index contributed by atoms with van der Waals surface area (Å²) in [4.78, 5) is 38.8. The number of benzene rings is 1. The van der Waals surface area contributed by atoms with Crippen LogP contribution in [0.5, 0.6) is 17.6 Å². The normalized spacial score (nSPS) is 18.4. The number of pyridine rings is 3. The third-order valence-corrected chi connectivity index (χ3v) is 11.2. The molecule has 4 aromatic rings. The molecule has 2 saturated heterocycles. The second kappa shape index (κ2) is 17.2. The zero-order valence-electron chi connectivity index (χ0n) is 32.0. The molecule has 2 fully saturated rings. The van der Waals surface area contributed by atoms with Crippen molar-refractivity contribution in [2.75, 3.05) is 33.9 Å². The lowest BCUT2D eigenvalue weighted by Crippen LogP contribution is -2.44. The van der Waals surface area contributed by atoms with Crippen molar-refractivity contribution < 1.29 is 37.0 Å². The topological polar surface area (TPSA) is 140 Å². The molecule has 3 aliphatic rings. The van der Waals surface area contributed by atoms with Crippen molar-refractivity contribution in [3.05, 3.63) is 81.5 Å². The minimum Gasteiger partial charge on any atom is -0.481 e. The molecule has 2 aliphatic heterocycles. The highest BCUT2D eigenvalue weighted by atomic mass is 35.5. The number of amides is 2. The van der Waals surface area contributed by atoms with Gasteiger partial charge in [0.05, 0.1) is 30.6 Å². The maximum Gasteiger partial charge on any atom is 0.421 e. The van der Waals surface area contributed by atoms with Crippen molar-refractivity contribution in [1.82, 2.24) is 35.8 Å². The van der Waals surface area contributed by atoms with E-state index < -0.39 is 23.7 Å². The molecule has 12 nitrogen and oxygen atoms in total. The van der Waals surface area contributed by atoms with Gasteiger partial charge in [0.15, 0.2) is 0 Å². The average molecular weight is 808 g/mol. The van der Waals surface area contributed by atoms with Crippen LogP contribution in [0.3, 0.4) is 0 Å². The molecule has 3 aromatic heterocycles. The summed E-state index contributed by atoms with van der Waals surface area (Å²) in [5.74, 6) is -0.0325. The number of carbonyl (C=O) groups excluding carboxylic acids is 2. The molecule has 3 N–H and O–H groups in total. The number of aromatic nitrogens is 3. The molecule has 1 aromatic carbocycles. The molecule has 57 heavy (non-hydrogen) atoms. The lowest BCUT2D eigenvalue weighted by molar-refractivity contribution is -0.139. The van der Waals surface area contributed by atoms with Crippen molar-refractivity contribution in [1.29, 1.82) is 0 Å². The van der Waals surface area contributed by atoms with Crippen LogP contribution in [-0.2, 0) is 35.3 Å². The van der Waals surface area contributed by atoms with Gasteiger partial charge in [-0.2, -0.15) is 18.2 Å². The summed E-state index contributed by atoms with van der Waals surface area (Å²) in [6.45, 7) is 4.06. The van der Waals surface area contributed by atoms with Crippen molar-refractivity contribution in [3.63, 3.8) is 0 Å². The van der Waals surface area contributed by atoms with Crippen LogP contribution < -0.4 is 30.2 Å². The maximum atomic E-state index is 14.5. The van der Waals surface area contributed by atoms with Gasteiger partial charge in [0.2, 0.25) is 29.5 Å². The number of rotatable bonds is 13. The number of hydrogen-bond donors (Lipinski definition) is 3. The quantitative estimate of drug-likeness (QED) is 0.139. The molecule has 2 atom stereocenters. The zero-order chi connectivity index (χ0) is 40.3. The SMILES string of the molecule is COc1nc(-c2ccnc(-c3cccc4c3CC[C@H]4Oc3nc(OC)c(CNC[C@H]4CCC(=O)N4)cc3C(F)(F)F)c2Cl)ccc1CNC1CCN(C(C)=O)CC1. The first-order valence-electron chi connectivity index (χ1n) is 19.0. The number of ether oxygens (including phenoxy) is 3. The Bertz CT molecular complexity index is 2130. The third-order valence-electron chi connectivity index (χ3n) is 10.9. The summed E-state index contributed by atoms with van der Waals surface area (Å²) in [6.07, 6.45) is -0.0658. The summed E-state index contributed by atoms with van der Waals surface area (Å²) in [5, 5.41) is 9.89. The predicted molar refractivity (Wildman–Crippen MR) is 207 cm³/mol. The summed E-state index contributed by atoms with van der Waals surface area (Å²) in [6, 6.07) is 12.4. The summed E-state index contributed by atoms with van der Waals surface area (Å²) < 4.78 is 60.7. The van der Waals surface area contributed by atoms with E-state index in [4.69, 9.17) is 30.8 Å². The number of methoxy groups -OCH3 is 2. The van der Waals surface area contributed by atoms with Gasteiger partial charge in [0.25, 0.3) is 0 Å². The zero-order valence-corrected chi connectivity index (χ0v) is 32.7. The van der Waals surface area contributed by atoms with Crippen LogP contribution in [0.1, 0.15) is 72.9 Å². The lowest BCUT2D eigenvalue weighted by atomic mass is 9.98. The molecule has 16 heteroatoms. The fourth-order valence-corrected chi connectivity index (χ4v) is 8.15. The molecule has 302 valence electrons. The minimum absolute atomic E-state index is 0.0155. The molecule has 7 rings (SSSR count). The molecule has 0 bridgehead atoms. The molecule has 2 amide bonds. The van der Waals surface area contributed by atoms with Crippen LogP contribution in [0, 0.1) is 0 Å². The lowest BCUT2D eigenvalue weighted by Gasteiger charge is -2.31. The van der Waals surface area contributed by atoms with E-state index in [2.05, 4.69) is 25.9 Å². The van der Waals surface area contributed by atoms with Crippen molar-refractivity contribution in [2.45, 2.75) is 82.9 Å². The Morgan fingerprint density at radius 3 is 2.42 bits per heavy atom. The van der Waals surface area contributed by atoms with Gasteiger partial charge in [-0.15, -0.1) is 0 Å². The molecule has 0 radical (unpaired) electrons. The molecular weight excluding hydrogens is 763 g/mol. The Morgan fingerprint density at radius 1 is 0.947 bits per heavy atom. The van der Waals surface area contributed by atoms with Gasteiger partial charge in [-0.25, -0.2) is 4.98 Å². The number of hydrogen-bond acceptors (Lipinski definition) is 10. The van der Waals surface area contributed by atoms with Gasteiger partial charge in [-0.1, -0.05) is 35.9 Å². The fraction of sp³-hybridized carbons (Fsp3) is 0.439. The smallest absolute Gasteiger partial charge is 0.421 e. The highest BCUT2D eigenvalue weighted by Gasteiger charge is 2.39. The van der Waals surface area contributed by atoms with Crippen molar-refractivity contribution in [2.24, 2.45) is 0 Å². The van der Waals surface area contributed by atoms with E-state index in [0.717, 1.165) is 54.3 Å². The van der Waals surface area contributed by atoms with E-state index in [9.17, 15) is 22.8 Å². The van der Waals surface area contributed by atoms with Gasteiger partial charge in [-0.05, 0) is 61.4 Å². The number of nitrogens with zero attached hydrogens (tertiary/aromatic N) is 4. The first-order valence-corrected chi connectivity index (χ1v) is 19.4. The summed E-state index contributed by atoms with van der Waals surface area (Å²) >= 11 is 7.09. The number of carbonyl (C=O) groups is 2. The van der Waals surface area contributed by atoms with Crippen LogP contribution in [0.2, 0.25) is 5.02 Å². The standard InChI is InChI=1S/C41H45ClF3N7O5/c1-23(53)52-17-14-26(15-18-52)48-21-24-7-10-33(50-38(24)55-2)31-13-16-47-37(36(31)42)30-6-4-5-29-28(30)9-11-34(29)57-40-32(41(43,44)45)19-25(39(51-40)56-3)20-46-22-27-8-12-35(54)49-27/h4-7,10,13,16,19,26-27,34,46,48H,8-9,11-12,14-15,17-18,20-22H2,1-3H3,(H,49,54)/t27-,34-/m1/s1. The van der Waals surface area contributed by atoms with E-state index in [1.54, 1.807) is 26.3 Å². The van der Waals surface area contributed by atoms with Crippen molar-refractivity contribution in [3.8, 4) is 40.2 Å². The second-order valence-electron chi connectivity index (χ2n) is 14.5. The van der Waals surface area contributed by atoms with Crippen LogP contribution in [0.4, 0.5) is 13.2 Å². The number of nitrogens with one attached hydrogen (secondary N) is 3. The van der Waals surface area contributed by atoms with Crippen LogP contribution in [-0.4, -0.2) is 77.6 Å². The van der Waals surface area contributed by atoms with Gasteiger partial charge >= 0.3 is 6.18 Å². The number of piperidine rings is 1. The second-order valence-corrected chi connectivity index (χ2v) is 14.9. The monoisotopic (exact) mass is 807 g/mol. The van der Waals surface area contributed by atoms with Gasteiger partial charge in [-0.3, -0.25) is 14.6 Å². The molecular formula is C41H45ClF3N7O5. The third kappa shape index (κ3) is 8.95. The Morgan fingerprint density at radius 2 is 1.72 bits per heavy atom. The average Bonchev–Trinajstić information content (AvgIpc) is 3.82. The highest BCUT2D eigenvalue weighted by Crippen LogP contribution is 2.45. The highest BCUT2D eigenvalue weighted by molar-refractivity contribution is 6.35. The number of halogens is 4. The van der Waals surface area contributed by atoms with E-state index in [1.165, 1.54) is 7.11 Å². The predicted octanol–water partition coefficient (Wildman–Crippen LogP) is 6.43. The molecule has 0 saturated carbocycles. The molecule has 5 heterocycles. The largest absolute Gasteiger partial charge is 0.481 e. The fourth-order valence-electron chi connectivity index (χ4n) is 7.84. The molecule has 0 unspecified atom stereocenters.